The molecule has 19 heavy (non-hydrogen) atoms. The van der Waals surface area contributed by atoms with Crippen LogP contribution in [0.2, 0.25) is 0 Å². The fourth-order valence-corrected chi connectivity index (χ4v) is 2.27. The SMILES string of the molecule is CNC(Cc1cccc(F)c1)c1ccc(C)c(C)c1. The molecule has 0 amide bonds. The summed E-state index contributed by atoms with van der Waals surface area (Å²) in [6, 6.07) is 13.5. The first-order chi connectivity index (χ1) is 9.10. The number of aryl methyl sites for hydroxylation is 2. The molecule has 1 N–H and O–H groups in total. The Morgan fingerprint density at radius 1 is 1.05 bits per heavy atom. The summed E-state index contributed by atoms with van der Waals surface area (Å²) >= 11 is 0. The van der Waals surface area contributed by atoms with Crippen molar-refractivity contribution in [1.29, 1.82) is 0 Å². The van der Waals surface area contributed by atoms with Crippen LogP contribution in [0.1, 0.15) is 28.3 Å². The zero-order valence-electron chi connectivity index (χ0n) is 11.7. The molecule has 0 spiro atoms. The van der Waals surface area contributed by atoms with Crippen molar-refractivity contribution in [2.24, 2.45) is 0 Å². The lowest BCUT2D eigenvalue weighted by Crippen LogP contribution is -2.19. The normalized spacial score (nSPS) is 12.4. The highest BCUT2D eigenvalue weighted by Crippen LogP contribution is 2.21. The van der Waals surface area contributed by atoms with Gasteiger partial charge in [0.15, 0.2) is 0 Å². The van der Waals surface area contributed by atoms with Crippen molar-refractivity contribution < 1.29 is 4.39 Å². The third-order valence-corrected chi connectivity index (χ3v) is 3.61. The van der Waals surface area contributed by atoms with Gasteiger partial charge in [-0.1, -0.05) is 30.3 Å². The molecule has 0 aliphatic rings. The molecule has 1 atom stereocenters. The van der Waals surface area contributed by atoms with E-state index in [1.54, 1.807) is 12.1 Å². The zero-order valence-corrected chi connectivity index (χ0v) is 11.7. The first kappa shape index (κ1) is 13.8. The maximum Gasteiger partial charge on any atom is 0.123 e. The van der Waals surface area contributed by atoms with E-state index in [1.165, 1.54) is 22.8 Å². The lowest BCUT2D eigenvalue weighted by atomic mass is 9.96. The Hall–Kier alpha value is -1.67. The number of nitrogens with one attached hydrogen (secondary N) is 1. The van der Waals surface area contributed by atoms with Gasteiger partial charge < -0.3 is 5.32 Å². The van der Waals surface area contributed by atoms with Gasteiger partial charge >= 0.3 is 0 Å². The van der Waals surface area contributed by atoms with Crippen molar-refractivity contribution in [2.75, 3.05) is 7.05 Å². The Kier molecular flexibility index (Phi) is 4.33. The third-order valence-electron chi connectivity index (χ3n) is 3.61. The van der Waals surface area contributed by atoms with Gasteiger partial charge in [-0.05, 0) is 61.7 Å². The largest absolute Gasteiger partial charge is 0.313 e. The second-order valence-electron chi connectivity index (χ2n) is 5.02. The van der Waals surface area contributed by atoms with Crippen LogP contribution in [-0.4, -0.2) is 7.05 Å². The van der Waals surface area contributed by atoms with Gasteiger partial charge in [0, 0.05) is 6.04 Å². The number of benzene rings is 2. The second-order valence-corrected chi connectivity index (χ2v) is 5.02. The van der Waals surface area contributed by atoms with Crippen LogP contribution < -0.4 is 5.32 Å². The lowest BCUT2D eigenvalue weighted by Gasteiger charge is -2.18. The molecule has 0 heterocycles. The van der Waals surface area contributed by atoms with Crippen LogP contribution in [-0.2, 0) is 6.42 Å². The van der Waals surface area contributed by atoms with Crippen molar-refractivity contribution in [3.8, 4) is 0 Å². The van der Waals surface area contributed by atoms with Gasteiger partial charge in [-0.15, -0.1) is 0 Å². The molecule has 2 heteroatoms. The monoisotopic (exact) mass is 257 g/mol. The van der Waals surface area contributed by atoms with E-state index in [1.807, 2.05) is 13.1 Å². The predicted molar refractivity (Wildman–Crippen MR) is 77.8 cm³/mol. The van der Waals surface area contributed by atoms with E-state index in [2.05, 4.69) is 37.4 Å². The molecule has 0 fully saturated rings. The quantitative estimate of drug-likeness (QED) is 0.874. The molecule has 1 nitrogen and oxygen atoms in total. The molecule has 0 aliphatic carbocycles. The van der Waals surface area contributed by atoms with E-state index in [0.29, 0.717) is 0 Å². The van der Waals surface area contributed by atoms with Crippen LogP contribution in [0.25, 0.3) is 0 Å². The molecule has 0 aromatic heterocycles. The van der Waals surface area contributed by atoms with Crippen molar-refractivity contribution >= 4 is 0 Å². The molecule has 0 saturated heterocycles. The van der Waals surface area contributed by atoms with Gasteiger partial charge in [-0.25, -0.2) is 4.39 Å². The van der Waals surface area contributed by atoms with Crippen LogP contribution in [0.3, 0.4) is 0 Å². The summed E-state index contributed by atoms with van der Waals surface area (Å²) in [4.78, 5) is 0. The van der Waals surface area contributed by atoms with Gasteiger partial charge in [-0.2, -0.15) is 0 Å². The van der Waals surface area contributed by atoms with E-state index < -0.39 is 0 Å². The van der Waals surface area contributed by atoms with Crippen molar-refractivity contribution in [2.45, 2.75) is 26.3 Å². The standard InChI is InChI=1S/C17H20FN/c1-12-7-8-15(9-13(12)2)17(19-3)11-14-5-4-6-16(18)10-14/h4-10,17,19H,11H2,1-3H3. The molecule has 0 saturated carbocycles. The average Bonchev–Trinajstić information content (AvgIpc) is 2.39. The predicted octanol–water partition coefficient (Wildman–Crippen LogP) is 3.95. The molecular weight excluding hydrogens is 237 g/mol. The van der Waals surface area contributed by atoms with Gasteiger partial charge in [0.05, 0.1) is 0 Å². The molecule has 0 aliphatic heterocycles. The number of rotatable bonds is 4. The highest BCUT2D eigenvalue weighted by Gasteiger charge is 2.11. The smallest absolute Gasteiger partial charge is 0.123 e. The van der Waals surface area contributed by atoms with E-state index in [0.717, 1.165) is 12.0 Å². The highest BCUT2D eigenvalue weighted by atomic mass is 19.1. The van der Waals surface area contributed by atoms with Gasteiger partial charge in [-0.3, -0.25) is 0 Å². The Morgan fingerprint density at radius 2 is 1.84 bits per heavy atom. The molecule has 0 radical (unpaired) electrons. The summed E-state index contributed by atoms with van der Waals surface area (Å²) < 4.78 is 13.2. The van der Waals surface area contributed by atoms with Crippen molar-refractivity contribution in [3.63, 3.8) is 0 Å². The third kappa shape index (κ3) is 3.42. The summed E-state index contributed by atoms with van der Waals surface area (Å²) in [6.45, 7) is 4.23. The molecule has 2 aromatic carbocycles. The van der Waals surface area contributed by atoms with E-state index >= 15 is 0 Å². The van der Waals surface area contributed by atoms with Crippen molar-refractivity contribution in [3.05, 3.63) is 70.5 Å². The van der Waals surface area contributed by atoms with Crippen LogP contribution in [0.5, 0.6) is 0 Å². The molecule has 0 bridgehead atoms. The number of hydrogen-bond acceptors (Lipinski definition) is 1. The Labute approximate surface area is 114 Å². The summed E-state index contributed by atoms with van der Waals surface area (Å²) in [7, 11) is 1.94. The molecule has 1 unspecified atom stereocenters. The van der Waals surface area contributed by atoms with Gasteiger partial charge in [0.25, 0.3) is 0 Å². The topological polar surface area (TPSA) is 12.0 Å². The minimum atomic E-state index is -0.174. The maximum atomic E-state index is 13.2. The highest BCUT2D eigenvalue weighted by molar-refractivity contribution is 5.32. The first-order valence-electron chi connectivity index (χ1n) is 6.59. The van der Waals surface area contributed by atoms with Gasteiger partial charge in [0.1, 0.15) is 5.82 Å². The Bertz CT molecular complexity index is 563. The summed E-state index contributed by atoms with van der Waals surface area (Å²) in [6.07, 6.45) is 0.788. The zero-order chi connectivity index (χ0) is 13.8. The van der Waals surface area contributed by atoms with Gasteiger partial charge in [0.2, 0.25) is 0 Å². The second kappa shape index (κ2) is 5.98. The molecular formula is C17H20FN. The lowest BCUT2D eigenvalue weighted by molar-refractivity contribution is 0.584. The van der Waals surface area contributed by atoms with Crippen LogP contribution in [0, 0.1) is 19.7 Å². The molecule has 100 valence electrons. The molecule has 2 aromatic rings. The minimum absolute atomic E-state index is 0.174. The average molecular weight is 257 g/mol. The van der Waals surface area contributed by atoms with Crippen LogP contribution >= 0.6 is 0 Å². The fourth-order valence-electron chi connectivity index (χ4n) is 2.27. The van der Waals surface area contributed by atoms with Crippen LogP contribution in [0.15, 0.2) is 42.5 Å². The molecule has 2 rings (SSSR count). The fraction of sp³-hybridized carbons (Fsp3) is 0.294. The van der Waals surface area contributed by atoms with E-state index in [9.17, 15) is 4.39 Å². The number of hydrogen-bond donors (Lipinski definition) is 1. The maximum absolute atomic E-state index is 13.2. The number of halogens is 1. The van der Waals surface area contributed by atoms with Crippen LogP contribution in [0.4, 0.5) is 4.39 Å². The summed E-state index contributed by atoms with van der Waals surface area (Å²) in [5, 5.41) is 3.31. The first-order valence-corrected chi connectivity index (χ1v) is 6.59. The number of likely N-dealkylation sites (N-methyl/N-ethyl adjacent to an activating group) is 1. The Morgan fingerprint density at radius 3 is 2.47 bits per heavy atom. The van der Waals surface area contributed by atoms with Crippen molar-refractivity contribution in [1.82, 2.24) is 5.32 Å². The van der Waals surface area contributed by atoms with E-state index in [4.69, 9.17) is 0 Å². The minimum Gasteiger partial charge on any atom is -0.313 e. The summed E-state index contributed by atoms with van der Waals surface area (Å²) in [5.74, 6) is -0.174. The Balaban J connectivity index is 2.22. The van der Waals surface area contributed by atoms with E-state index in [-0.39, 0.29) is 11.9 Å². The summed E-state index contributed by atoms with van der Waals surface area (Å²) in [5.41, 5.74) is 4.84.